The van der Waals surface area contributed by atoms with Crippen molar-refractivity contribution in [3.63, 3.8) is 0 Å². The second kappa shape index (κ2) is 18.8. The third kappa shape index (κ3) is 15.1. The van der Waals surface area contributed by atoms with Crippen LogP contribution < -0.4 is 5.32 Å². The lowest BCUT2D eigenvalue weighted by atomic mass is 10.0. The van der Waals surface area contributed by atoms with Gasteiger partial charge in [-0.3, -0.25) is 0 Å². The van der Waals surface area contributed by atoms with Gasteiger partial charge in [-0.15, -0.1) is 17.0 Å². The molecule has 0 aromatic heterocycles. The van der Waals surface area contributed by atoms with Gasteiger partial charge in [-0.1, -0.05) is 109 Å². The molecule has 0 radical (unpaired) electrons. The zero-order valence-corrected chi connectivity index (χ0v) is 17.6. The summed E-state index contributed by atoms with van der Waals surface area (Å²) < 4.78 is 0. The van der Waals surface area contributed by atoms with Crippen molar-refractivity contribution in [1.29, 1.82) is 0 Å². The highest BCUT2D eigenvalue weighted by Gasteiger charge is 1.94. The van der Waals surface area contributed by atoms with Gasteiger partial charge < -0.3 is 5.32 Å². The van der Waals surface area contributed by atoms with Gasteiger partial charge in [0.2, 0.25) is 0 Å². The summed E-state index contributed by atoms with van der Waals surface area (Å²) in [5.74, 6) is 0. The summed E-state index contributed by atoms with van der Waals surface area (Å²) >= 11 is 0. The van der Waals surface area contributed by atoms with E-state index in [1.807, 2.05) is 0 Å². The SMILES string of the molecule is Br.CCCCCCCCCCCCCCCCNc1ccccc1. The van der Waals surface area contributed by atoms with Crippen molar-refractivity contribution in [2.45, 2.75) is 96.8 Å². The number of nitrogens with one attached hydrogen (secondary N) is 1. The molecular formula is C22H40BrN. The van der Waals surface area contributed by atoms with Crippen molar-refractivity contribution in [1.82, 2.24) is 0 Å². The Bertz CT molecular complexity index is 339. The minimum atomic E-state index is 0. The third-order valence-corrected chi connectivity index (χ3v) is 4.63. The number of unbranched alkanes of at least 4 members (excludes halogenated alkanes) is 13. The zero-order chi connectivity index (χ0) is 16.4. The minimum absolute atomic E-state index is 0. The lowest BCUT2D eigenvalue weighted by Gasteiger charge is -2.06. The molecule has 2 heteroatoms. The van der Waals surface area contributed by atoms with Gasteiger partial charge in [-0.25, -0.2) is 0 Å². The van der Waals surface area contributed by atoms with E-state index in [-0.39, 0.29) is 17.0 Å². The first-order valence-electron chi connectivity index (χ1n) is 10.2. The molecule has 0 saturated heterocycles. The summed E-state index contributed by atoms with van der Waals surface area (Å²) in [5, 5.41) is 3.49. The van der Waals surface area contributed by atoms with Crippen LogP contribution in [-0.4, -0.2) is 6.54 Å². The second-order valence-corrected chi connectivity index (χ2v) is 6.89. The topological polar surface area (TPSA) is 12.0 Å². The Morgan fingerprint density at radius 1 is 0.583 bits per heavy atom. The van der Waals surface area contributed by atoms with Crippen LogP contribution in [0.25, 0.3) is 0 Å². The van der Waals surface area contributed by atoms with E-state index in [9.17, 15) is 0 Å². The number of rotatable bonds is 16. The Morgan fingerprint density at radius 3 is 1.46 bits per heavy atom. The molecule has 1 rings (SSSR count). The minimum Gasteiger partial charge on any atom is -0.385 e. The van der Waals surface area contributed by atoms with Crippen LogP contribution in [-0.2, 0) is 0 Å². The molecule has 0 amide bonds. The maximum Gasteiger partial charge on any atom is 0.0340 e. The van der Waals surface area contributed by atoms with Gasteiger partial charge in [0.05, 0.1) is 0 Å². The van der Waals surface area contributed by atoms with Crippen molar-refractivity contribution in [3.8, 4) is 0 Å². The Morgan fingerprint density at radius 2 is 1.00 bits per heavy atom. The molecule has 24 heavy (non-hydrogen) atoms. The molecule has 140 valence electrons. The smallest absolute Gasteiger partial charge is 0.0340 e. The highest BCUT2D eigenvalue weighted by Crippen LogP contribution is 2.13. The molecule has 1 N–H and O–H groups in total. The van der Waals surface area contributed by atoms with Crippen molar-refractivity contribution in [3.05, 3.63) is 30.3 Å². The first kappa shape index (κ1) is 23.5. The second-order valence-electron chi connectivity index (χ2n) is 6.89. The molecule has 0 fully saturated rings. The van der Waals surface area contributed by atoms with E-state index in [0.717, 1.165) is 6.54 Å². The summed E-state index contributed by atoms with van der Waals surface area (Å²) in [5.41, 5.74) is 1.25. The molecule has 0 unspecified atom stereocenters. The summed E-state index contributed by atoms with van der Waals surface area (Å²) in [6, 6.07) is 10.5. The highest BCUT2D eigenvalue weighted by atomic mass is 79.9. The fourth-order valence-electron chi connectivity index (χ4n) is 3.11. The predicted octanol–water partition coefficient (Wildman–Crippen LogP) is 8.16. The molecule has 0 aliphatic rings. The summed E-state index contributed by atoms with van der Waals surface area (Å²) in [4.78, 5) is 0. The number of hydrogen-bond acceptors (Lipinski definition) is 1. The fourth-order valence-corrected chi connectivity index (χ4v) is 3.11. The Balaban J connectivity index is 0.00000529. The molecule has 0 bridgehead atoms. The van der Waals surface area contributed by atoms with E-state index >= 15 is 0 Å². The van der Waals surface area contributed by atoms with Gasteiger partial charge in [0, 0.05) is 12.2 Å². The Kier molecular flexibility index (Phi) is 18.4. The van der Waals surface area contributed by atoms with Crippen LogP contribution in [0.1, 0.15) is 96.8 Å². The normalized spacial score (nSPS) is 10.4. The quantitative estimate of drug-likeness (QED) is 0.277. The largest absolute Gasteiger partial charge is 0.385 e. The molecule has 0 atom stereocenters. The van der Waals surface area contributed by atoms with E-state index in [4.69, 9.17) is 0 Å². The van der Waals surface area contributed by atoms with Crippen molar-refractivity contribution >= 4 is 22.7 Å². The summed E-state index contributed by atoms with van der Waals surface area (Å²) in [7, 11) is 0. The molecule has 0 saturated carbocycles. The maximum absolute atomic E-state index is 3.49. The Hall–Kier alpha value is -0.500. The van der Waals surface area contributed by atoms with Crippen molar-refractivity contribution < 1.29 is 0 Å². The standard InChI is InChI=1S/C22H39N.BrH/c1-2-3-4-5-6-7-8-9-10-11-12-13-14-18-21-23-22-19-16-15-17-20-22;/h15-17,19-20,23H,2-14,18,21H2,1H3;1H. The van der Waals surface area contributed by atoms with E-state index < -0.39 is 0 Å². The van der Waals surface area contributed by atoms with Crippen molar-refractivity contribution in [2.75, 3.05) is 11.9 Å². The van der Waals surface area contributed by atoms with Crippen molar-refractivity contribution in [2.24, 2.45) is 0 Å². The lowest BCUT2D eigenvalue weighted by molar-refractivity contribution is 0.537. The third-order valence-electron chi connectivity index (χ3n) is 4.63. The van der Waals surface area contributed by atoms with E-state index in [2.05, 4.69) is 42.6 Å². The van der Waals surface area contributed by atoms with E-state index in [1.54, 1.807) is 0 Å². The van der Waals surface area contributed by atoms with Crippen LogP contribution in [0.4, 0.5) is 5.69 Å². The summed E-state index contributed by atoms with van der Waals surface area (Å²) in [6.45, 7) is 3.40. The van der Waals surface area contributed by atoms with E-state index in [1.165, 1.54) is 95.6 Å². The van der Waals surface area contributed by atoms with Crippen LogP contribution >= 0.6 is 17.0 Å². The van der Waals surface area contributed by atoms with Gasteiger partial charge in [0.25, 0.3) is 0 Å². The van der Waals surface area contributed by atoms with Crippen LogP contribution in [0.5, 0.6) is 0 Å². The molecule has 1 aromatic rings. The van der Waals surface area contributed by atoms with Gasteiger partial charge in [-0.2, -0.15) is 0 Å². The molecule has 0 heterocycles. The molecule has 1 nitrogen and oxygen atoms in total. The molecule has 1 aromatic carbocycles. The van der Waals surface area contributed by atoms with Gasteiger partial charge in [0.1, 0.15) is 0 Å². The average molecular weight is 398 g/mol. The molecule has 0 spiro atoms. The van der Waals surface area contributed by atoms with Crippen LogP contribution in [0, 0.1) is 0 Å². The predicted molar refractivity (Wildman–Crippen MR) is 116 cm³/mol. The van der Waals surface area contributed by atoms with E-state index in [0.29, 0.717) is 0 Å². The van der Waals surface area contributed by atoms with Crippen LogP contribution in [0.3, 0.4) is 0 Å². The summed E-state index contributed by atoms with van der Waals surface area (Å²) in [6.07, 6.45) is 20.0. The first-order chi connectivity index (χ1) is 11.4. The fraction of sp³-hybridized carbons (Fsp3) is 0.727. The number of para-hydroxylation sites is 1. The molecule has 0 aliphatic heterocycles. The van der Waals surface area contributed by atoms with Gasteiger partial charge in [0.15, 0.2) is 0 Å². The van der Waals surface area contributed by atoms with Crippen LogP contribution in [0.2, 0.25) is 0 Å². The monoisotopic (exact) mass is 397 g/mol. The molecular weight excluding hydrogens is 358 g/mol. The van der Waals surface area contributed by atoms with Crippen LogP contribution in [0.15, 0.2) is 30.3 Å². The number of anilines is 1. The zero-order valence-electron chi connectivity index (χ0n) is 15.9. The van der Waals surface area contributed by atoms with Gasteiger partial charge >= 0.3 is 0 Å². The first-order valence-corrected chi connectivity index (χ1v) is 10.2. The number of benzene rings is 1. The molecule has 0 aliphatic carbocycles. The lowest BCUT2D eigenvalue weighted by Crippen LogP contribution is -2.00. The van der Waals surface area contributed by atoms with Gasteiger partial charge in [-0.05, 0) is 18.6 Å². The average Bonchev–Trinajstić information content (AvgIpc) is 2.59. The highest BCUT2D eigenvalue weighted by molar-refractivity contribution is 8.93. The number of halogens is 1. The number of hydrogen-bond donors (Lipinski definition) is 1. The Labute approximate surface area is 161 Å². The maximum atomic E-state index is 3.49.